The van der Waals surface area contributed by atoms with Crippen LogP contribution in [0.3, 0.4) is 0 Å². The fourth-order valence-electron chi connectivity index (χ4n) is 0.984. The molecular formula is C11H12N4O3S2. The Kier molecular flexibility index (Phi) is 6.93. The van der Waals surface area contributed by atoms with Gasteiger partial charge in [-0.15, -0.1) is 0 Å². The molecule has 0 aliphatic carbocycles. The number of hydrogen-bond donors (Lipinski definition) is 4. The van der Waals surface area contributed by atoms with Crippen molar-refractivity contribution in [1.29, 1.82) is 0 Å². The third kappa shape index (κ3) is 7.24. The summed E-state index contributed by atoms with van der Waals surface area (Å²) in [4.78, 5) is 35.4. The molecule has 7 nitrogen and oxygen atoms in total. The largest absolute Gasteiger partial charge is 0.353 e. The van der Waals surface area contributed by atoms with E-state index in [0.717, 1.165) is 0 Å². The van der Waals surface area contributed by atoms with Crippen molar-refractivity contribution in [3.05, 3.63) is 56.0 Å². The van der Waals surface area contributed by atoms with E-state index in [0.29, 0.717) is 11.7 Å². The van der Waals surface area contributed by atoms with E-state index in [1.165, 1.54) is 17.4 Å². The standard InChI is InChI=1S/C5H5NO.C3H4N2OS.C3H3NOS/c7-5-3-1-2-4-6-5;6-2-1-4-3(7)5-2;5-3-4-1-2-6-3/h1-4H,(H,6,7);1H2,(H2,4,5,6,7);1-2H,(H,4,5). The second kappa shape index (κ2) is 8.77. The molecule has 1 aliphatic heterocycles. The third-order valence-corrected chi connectivity index (χ3v) is 2.64. The molecule has 0 saturated carbocycles. The lowest BCUT2D eigenvalue weighted by Crippen LogP contribution is -2.21. The molecule has 3 heterocycles. The van der Waals surface area contributed by atoms with Crippen molar-refractivity contribution in [3.63, 3.8) is 0 Å². The van der Waals surface area contributed by atoms with Gasteiger partial charge in [0.15, 0.2) is 5.11 Å². The molecule has 1 saturated heterocycles. The zero-order valence-corrected chi connectivity index (χ0v) is 11.8. The first-order chi connectivity index (χ1) is 9.58. The van der Waals surface area contributed by atoms with E-state index in [1.54, 1.807) is 29.9 Å². The first-order valence-corrected chi connectivity index (χ1v) is 6.70. The summed E-state index contributed by atoms with van der Waals surface area (Å²) < 4.78 is 0. The molecule has 0 radical (unpaired) electrons. The molecule has 0 aromatic carbocycles. The summed E-state index contributed by atoms with van der Waals surface area (Å²) in [6, 6.07) is 4.93. The topological polar surface area (TPSA) is 107 Å². The number of carbonyl (C=O) groups excluding carboxylic acids is 1. The Labute approximate surface area is 123 Å². The van der Waals surface area contributed by atoms with E-state index in [9.17, 15) is 14.4 Å². The lowest BCUT2D eigenvalue weighted by atomic mass is 10.5. The smallest absolute Gasteiger partial charge is 0.304 e. The summed E-state index contributed by atoms with van der Waals surface area (Å²) in [5, 5.41) is 7.18. The van der Waals surface area contributed by atoms with Crippen LogP contribution in [0, 0.1) is 0 Å². The SMILES string of the molecule is O=C1CNC(=S)N1.O=c1[nH]ccs1.O=c1cccc[nH]1. The van der Waals surface area contributed by atoms with Gasteiger partial charge in [0.05, 0.1) is 6.54 Å². The highest BCUT2D eigenvalue weighted by Crippen LogP contribution is 1.76. The average molecular weight is 312 g/mol. The lowest BCUT2D eigenvalue weighted by Gasteiger charge is -1.83. The van der Waals surface area contributed by atoms with Gasteiger partial charge in [-0.25, -0.2) is 0 Å². The predicted octanol–water partition coefficient (Wildman–Crippen LogP) is -0.198. The molecular weight excluding hydrogens is 300 g/mol. The summed E-state index contributed by atoms with van der Waals surface area (Å²) in [6.45, 7) is 0.332. The molecule has 106 valence electrons. The number of pyridine rings is 1. The Morgan fingerprint density at radius 3 is 2.10 bits per heavy atom. The number of rotatable bonds is 0. The van der Waals surface area contributed by atoms with Gasteiger partial charge in [-0.3, -0.25) is 14.4 Å². The summed E-state index contributed by atoms with van der Waals surface area (Å²) in [5.41, 5.74) is -0.0532. The molecule has 0 spiro atoms. The van der Waals surface area contributed by atoms with Gasteiger partial charge in [-0.05, 0) is 18.3 Å². The number of amides is 1. The molecule has 9 heteroatoms. The summed E-state index contributed by atoms with van der Waals surface area (Å²) in [5.74, 6) is -0.0509. The van der Waals surface area contributed by atoms with Gasteiger partial charge in [0, 0.05) is 23.8 Å². The maximum absolute atomic E-state index is 10.2. The molecule has 1 aliphatic rings. The van der Waals surface area contributed by atoms with E-state index < -0.39 is 0 Å². The van der Waals surface area contributed by atoms with Gasteiger partial charge < -0.3 is 20.6 Å². The first kappa shape index (κ1) is 15.8. The minimum absolute atomic E-state index is 0.00926. The molecule has 2 aromatic rings. The fourth-order valence-corrected chi connectivity index (χ4v) is 1.57. The van der Waals surface area contributed by atoms with Crippen molar-refractivity contribution in [3.8, 4) is 0 Å². The Hall–Kier alpha value is -2.26. The minimum atomic E-state index is -0.0532. The van der Waals surface area contributed by atoms with Crippen molar-refractivity contribution < 1.29 is 4.79 Å². The third-order valence-electron chi connectivity index (χ3n) is 1.79. The molecule has 1 fully saturated rings. The van der Waals surface area contributed by atoms with Crippen molar-refractivity contribution in [2.75, 3.05) is 6.54 Å². The van der Waals surface area contributed by atoms with E-state index in [-0.39, 0.29) is 16.3 Å². The van der Waals surface area contributed by atoms with Crippen LogP contribution in [-0.2, 0) is 4.79 Å². The number of thiazole rings is 1. The normalized spacial score (nSPS) is 12.2. The van der Waals surface area contributed by atoms with Gasteiger partial charge in [0.25, 0.3) is 0 Å². The number of hydrogen-bond acceptors (Lipinski definition) is 5. The van der Waals surface area contributed by atoms with Crippen LogP contribution in [0.2, 0.25) is 0 Å². The van der Waals surface area contributed by atoms with Crippen molar-refractivity contribution in [1.82, 2.24) is 20.6 Å². The highest BCUT2D eigenvalue weighted by Gasteiger charge is 2.10. The number of H-pyrrole nitrogens is 2. The van der Waals surface area contributed by atoms with Crippen molar-refractivity contribution in [2.45, 2.75) is 0 Å². The molecule has 0 bridgehead atoms. The average Bonchev–Trinajstić information content (AvgIpc) is 3.03. The number of aromatic nitrogens is 2. The van der Waals surface area contributed by atoms with Crippen LogP contribution in [0.1, 0.15) is 0 Å². The van der Waals surface area contributed by atoms with E-state index >= 15 is 0 Å². The van der Waals surface area contributed by atoms with E-state index in [1.807, 2.05) is 0 Å². The number of carbonyl (C=O) groups is 1. The molecule has 20 heavy (non-hydrogen) atoms. The second-order valence-electron chi connectivity index (χ2n) is 3.31. The highest BCUT2D eigenvalue weighted by molar-refractivity contribution is 7.80. The molecule has 2 aromatic heterocycles. The maximum atomic E-state index is 10.2. The van der Waals surface area contributed by atoms with Gasteiger partial charge in [0.2, 0.25) is 11.5 Å². The van der Waals surface area contributed by atoms with Gasteiger partial charge in [-0.1, -0.05) is 17.4 Å². The van der Waals surface area contributed by atoms with Gasteiger partial charge in [0.1, 0.15) is 0 Å². The maximum Gasteiger partial charge on any atom is 0.304 e. The van der Waals surface area contributed by atoms with E-state index in [2.05, 4.69) is 32.8 Å². The number of thiocarbonyl (C=S) groups is 1. The monoisotopic (exact) mass is 312 g/mol. The zero-order chi connectivity index (χ0) is 14.8. The quantitative estimate of drug-likeness (QED) is 0.504. The second-order valence-corrected chi connectivity index (χ2v) is 4.60. The molecule has 4 N–H and O–H groups in total. The Morgan fingerprint density at radius 2 is 1.90 bits per heavy atom. The van der Waals surface area contributed by atoms with Crippen LogP contribution in [0.15, 0.2) is 45.6 Å². The lowest BCUT2D eigenvalue weighted by molar-refractivity contribution is -0.117. The minimum Gasteiger partial charge on any atom is -0.353 e. The molecule has 1 amide bonds. The fraction of sp³-hybridized carbons (Fsp3) is 0.0909. The summed E-state index contributed by atoms with van der Waals surface area (Å²) >= 11 is 5.72. The van der Waals surface area contributed by atoms with E-state index in [4.69, 9.17) is 0 Å². The van der Waals surface area contributed by atoms with Gasteiger partial charge >= 0.3 is 4.87 Å². The number of nitrogens with one attached hydrogen (secondary N) is 4. The highest BCUT2D eigenvalue weighted by atomic mass is 32.1. The molecule has 3 rings (SSSR count). The van der Waals surface area contributed by atoms with Crippen LogP contribution in [-0.4, -0.2) is 27.5 Å². The molecule has 0 atom stereocenters. The zero-order valence-electron chi connectivity index (χ0n) is 10.2. The van der Waals surface area contributed by atoms with Crippen LogP contribution >= 0.6 is 23.6 Å². The van der Waals surface area contributed by atoms with Crippen LogP contribution in [0.5, 0.6) is 0 Å². The number of aromatic amines is 2. The first-order valence-electron chi connectivity index (χ1n) is 5.41. The summed E-state index contributed by atoms with van der Waals surface area (Å²) in [7, 11) is 0. The van der Waals surface area contributed by atoms with Crippen LogP contribution in [0.4, 0.5) is 0 Å². The van der Waals surface area contributed by atoms with Crippen LogP contribution in [0.25, 0.3) is 0 Å². The Bertz CT molecular complexity index is 613. The predicted molar refractivity (Wildman–Crippen MR) is 80.7 cm³/mol. The summed E-state index contributed by atoms with van der Waals surface area (Å²) in [6.07, 6.45) is 3.22. The van der Waals surface area contributed by atoms with Crippen molar-refractivity contribution >= 4 is 34.6 Å². The Balaban J connectivity index is 0.000000151. The van der Waals surface area contributed by atoms with Crippen LogP contribution < -0.4 is 21.1 Å². The molecule has 0 unspecified atom stereocenters. The van der Waals surface area contributed by atoms with Gasteiger partial charge in [-0.2, -0.15) is 0 Å². The van der Waals surface area contributed by atoms with Crippen molar-refractivity contribution in [2.24, 2.45) is 0 Å². The Morgan fingerprint density at radius 1 is 1.10 bits per heavy atom.